The molecule has 0 aliphatic heterocycles. The lowest BCUT2D eigenvalue weighted by molar-refractivity contribution is -0.143. The number of carbonyl (C=O) groups excluding carboxylic acids is 2. The maximum absolute atomic E-state index is 12.4. The van der Waals surface area contributed by atoms with Crippen LogP contribution in [0.5, 0.6) is 0 Å². The number of ether oxygens (including phenoxy) is 1. The molecule has 0 heterocycles. The number of nitrogens with one attached hydrogen (secondary N) is 1. The Balaban J connectivity index is 3.32. The number of unbranched alkanes of at least 4 members (excludes halogenated alkanes) is 53. The first-order valence-electron chi connectivity index (χ1n) is 34.0. The normalized spacial score (nSPS) is 12.5. The van der Waals surface area contributed by atoms with E-state index in [1.807, 2.05) is 6.08 Å². The van der Waals surface area contributed by atoms with Crippen LogP contribution in [0, 0.1) is 0 Å². The Hall–Kier alpha value is -1.40. The van der Waals surface area contributed by atoms with Crippen molar-refractivity contribution >= 4 is 11.9 Å². The van der Waals surface area contributed by atoms with Gasteiger partial charge < -0.3 is 20.3 Å². The number of allylic oxidation sites excluding steroid dienone is 1. The molecule has 2 unspecified atom stereocenters. The third-order valence-electron chi connectivity index (χ3n) is 16.1. The van der Waals surface area contributed by atoms with E-state index in [4.69, 9.17) is 4.74 Å². The molecule has 74 heavy (non-hydrogen) atoms. The number of rotatable bonds is 64. The highest BCUT2D eigenvalue weighted by atomic mass is 16.5. The molecule has 0 radical (unpaired) electrons. The zero-order chi connectivity index (χ0) is 53.6. The number of hydrogen-bond donors (Lipinski definition) is 3. The first-order valence-corrected chi connectivity index (χ1v) is 34.0. The van der Waals surface area contributed by atoms with Gasteiger partial charge in [0, 0.05) is 12.8 Å². The smallest absolute Gasteiger partial charge is 0.305 e. The van der Waals surface area contributed by atoms with Crippen LogP contribution >= 0.6 is 0 Å². The molecular weight excluding hydrogens is 911 g/mol. The molecule has 6 heteroatoms. The molecule has 0 aliphatic carbocycles. The van der Waals surface area contributed by atoms with Crippen LogP contribution in [0.15, 0.2) is 12.2 Å². The molecule has 0 bridgehead atoms. The molecule has 0 aromatic heterocycles. The third kappa shape index (κ3) is 59.8. The molecule has 0 saturated carbocycles. The van der Waals surface area contributed by atoms with Gasteiger partial charge in [0.25, 0.3) is 0 Å². The van der Waals surface area contributed by atoms with Crippen molar-refractivity contribution in [1.29, 1.82) is 0 Å². The van der Waals surface area contributed by atoms with Crippen molar-refractivity contribution < 1.29 is 24.5 Å². The van der Waals surface area contributed by atoms with Gasteiger partial charge in [0.05, 0.1) is 25.4 Å². The number of aliphatic hydroxyl groups is 2. The number of hydrogen-bond acceptors (Lipinski definition) is 5. The molecule has 0 spiro atoms. The second kappa shape index (κ2) is 64.1. The van der Waals surface area contributed by atoms with Gasteiger partial charge in [-0.15, -0.1) is 0 Å². The van der Waals surface area contributed by atoms with Crippen molar-refractivity contribution in [2.45, 2.75) is 398 Å². The molecule has 0 fully saturated rings. The summed E-state index contributed by atoms with van der Waals surface area (Å²) in [6.07, 6.45) is 78.6. The lowest BCUT2D eigenvalue weighted by atomic mass is 10.0. The van der Waals surface area contributed by atoms with E-state index in [-0.39, 0.29) is 18.5 Å². The van der Waals surface area contributed by atoms with Gasteiger partial charge in [-0.05, 0) is 32.1 Å². The Morgan fingerprint density at radius 2 is 0.622 bits per heavy atom. The standard InChI is InChI=1S/C68H133NO5/c1-3-5-7-9-11-13-15-17-18-19-32-35-38-42-46-50-54-58-62-68(73)74-63-59-55-51-47-43-39-36-33-30-28-26-24-22-20-21-23-25-27-29-31-34-37-41-45-49-53-57-61-67(72)69-65(64-70)66(71)60-56-52-48-44-40-16-14-12-10-8-6-4-2/h56,60,65-66,70-71H,3-55,57-59,61-64H2,1-2H3,(H,69,72)/b60-56+. The average Bonchev–Trinajstić information content (AvgIpc) is 3.40. The van der Waals surface area contributed by atoms with Crippen molar-refractivity contribution in [3.05, 3.63) is 12.2 Å². The van der Waals surface area contributed by atoms with Crippen molar-refractivity contribution in [2.75, 3.05) is 13.2 Å². The highest BCUT2D eigenvalue weighted by Gasteiger charge is 2.18. The van der Waals surface area contributed by atoms with Crippen LogP contribution < -0.4 is 5.32 Å². The van der Waals surface area contributed by atoms with Crippen LogP contribution in [0.4, 0.5) is 0 Å². The summed E-state index contributed by atoms with van der Waals surface area (Å²) in [5, 5.41) is 23.1. The minimum atomic E-state index is -0.840. The molecule has 0 rings (SSSR count). The van der Waals surface area contributed by atoms with Gasteiger partial charge in [-0.25, -0.2) is 0 Å². The SMILES string of the molecule is CCCCCCCCCCCC/C=C/C(O)C(CO)NC(=O)CCCCCCCCCCCCCCCCCCCCCCCCCCCCCOC(=O)CCCCCCCCCCCCCCCCCCCC. The number of carbonyl (C=O) groups is 2. The second-order valence-corrected chi connectivity index (χ2v) is 23.5. The van der Waals surface area contributed by atoms with Gasteiger partial charge in [-0.1, -0.05) is 353 Å². The van der Waals surface area contributed by atoms with Crippen LogP contribution in [0.3, 0.4) is 0 Å². The van der Waals surface area contributed by atoms with E-state index in [0.717, 1.165) is 38.5 Å². The Kier molecular flexibility index (Phi) is 62.9. The summed E-state index contributed by atoms with van der Waals surface area (Å²) in [6, 6.07) is -0.624. The molecule has 0 aromatic rings. The average molecular weight is 1040 g/mol. The van der Waals surface area contributed by atoms with E-state index >= 15 is 0 Å². The summed E-state index contributed by atoms with van der Waals surface area (Å²) >= 11 is 0. The highest BCUT2D eigenvalue weighted by Crippen LogP contribution is 2.19. The van der Waals surface area contributed by atoms with Crippen molar-refractivity contribution in [1.82, 2.24) is 5.32 Å². The second-order valence-electron chi connectivity index (χ2n) is 23.5. The molecule has 440 valence electrons. The first kappa shape index (κ1) is 72.6. The van der Waals surface area contributed by atoms with E-state index in [1.54, 1.807) is 6.08 Å². The van der Waals surface area contributed by atoms with Crippen LogP contribution in [0.2, 0.25) is 0 Å². The largest absolute Gasteiger partial charge is 0.466 e. The zero-order valence-electron chi connectivity index (χ0n) is 50.4. The quantitative estimate of drug-likeness (QED) is 0.0320. The lowest BCUT2D eigenvalue weighted by Gasteiger charge is -2.20. The fourth-order valence-electron chi connectivity index (χ4n) is 10.9. The monoisotopic (exact) mass is 1040 g/mol. The number of esters is 1. The van der Waals surface area contributed by atoms with Gasteiger partial charge >= 0.3 is 5.97 Å². The van der Waals surface area contributed by atoms with Crippen LogP contribution in [0.1, 0.15) is 386 Å². The maximum Gasteiger partial charge on any atom is 0.305 e. The summed E-state index contributed by atoms with van der Waals surface area (Å²) in [5.41, 5.74) is 0. The lowest BCUT2D eigenvalue weighted by Crippen LogP contribution is -2.45. The number of amides is 1. The summed E-state index contributed by atoms with van der Waals surface area (Å²) in [4.78, 5) is 24.6. The molecule has 1 amide bonds. The Bertz CT molecular complexity index is 1110. The van der Waals surface area contributed by atoms with E-state index < -0.39 is 12.1 Å². The van der Waals surface area contributed by atoms with Gasteiger partial charge in [-0.2, -0.15) is 0 Å². The zero-order valence-corrected chi connectivity index (χ0v) is 50.4. The maximum atomic E-state index is 12.4. The molecule has 0 aromatic carbocycles. The van der Waals surface area contributed by atoms with Crippen LogP contribution in [0.25, 0.3) is 0 Å². The van der Waals surface area contributed by atoms with Crippen molar-refractivity contribution in [3.63, 3.8) is 0 Å². The Labute approximate surface area is 463 Å². The van der Waals surface area contributed by atoms with Crippen LogP contribution in [-0.2, 0) is 14.3 Å². The van der Waals surface area contributed by atoms with Crippen LogP contribution in [-0.4, -0.2) is 47.4 Å². The third-order valence-corrected chi connectivity index (χ3v) is 16.1. The predicted octanol–water partition coefficient (Wildman–Crippen LogP) is 21.6. The van der Waals surface area contributed by atoms with Gasteiger partial charge in [0.1, 0.15) is 0 Å². The van der Waals surface area contributed by atoms with E-state index in [1.165, 1.54) is 321 Å². The fourth-order valence-corrected chi connectivity index (χ4v) is 10.9. The Morgan fingerprint density at radius 3 is 0.919 bits per heavy atom. The Morgan fingerprint density at radius 1 is 0.365 bits per heavy atom. The van der Waals surface area contributed by atoms with E-state index in [0.29, 0.717) is 19.4 Å². The molecule has 0 aliphatic rings. The number of aliphatic hydroxyl groups excluding tert-OH is 2. The predicted molar refractivity (Wildman–Crippen MR) is 324 cm³/mol. The van der Waals surface area contributed by atoms with Gasteiger partial charge in [-0.3, -0.25) is 9.59 Å². The van der Waals surface area contributed by atoms with Gasteiger partial charge in [0.2, 0.25) is 5.91 Å². The van der Waals surface area contributed by atoms with Crippen molar-refractivity contribution in [2.24, 2.45) is 0 Å². The van der Waals surface area contributed by atoms with Gasteiger partial charge in [0.15, 0.2) is 0 Å². The minimum Gasteiger partial charge on any atom is -0.466 e. The molecule has 2 atom stereocenters. The molecule has 6 nitrogen and oxygen atoms in total. The summed E-state index contributed by atoms with van der Waals surface area (Å²) in [7, 11) is 0. The van der Waals surface area contributed by atoms with Crippen molar-refractivity contribution in [3.8, 4) is 0 Å². The fraction of sp³-hybridized carbons (Fsp3) is 0.941. The summed E-state index contributed by atoms with van der Waals surface area (Å²) < 4.78 is 5.51. The first-order chi connectivity index (χ1) is 36.5. The highest BCUT2D eigenvalue weighted by molar-refractivity contribution is 5.76. The molecular formula is C68H133NO5. The van der Waals surface area contributed by atoms with E-state index in [2.05, 4.69) is 19.2 Å². The molecule has 3 N–H and O–H groups in total. The summed E-state index contributed by atoms with van der Waals surface area (Å²) in [5.74, 6) is -0.0411. The minimum absolute atomic E-state index is 0.0229. The summed E-state index contributed by atoms with van der Waals surface area (Å²) in [6.45, 7) is 4.93. The van der Waals surface area contributed by atoms with E-state index in [9.17, 15) is 19.8 Å². The topological polar surface area (TPSA) is 95.9 Å². The molecule has 0 saturated heterocycles.